The van der Waals surface area contributed by atoms with Crippen LogP contribution in [0.2, 0.25) is 0 Å². The molecule has 10 rings (SSSR count). The van der Waals surface area contributed by atoms with Gasteiger partial charge in [0.1, 0.15) is 0 Å². The number of benzene rings is 10. The molecule has 10 aromatic rings. The lowest BCUT2D eigenvalue weighted by molar-refractivity contribution is 0.355. The molecule has 0 unspecified atom stereocenters. The molecule has 322 valence electrons. The Morgan fingerprint density at radius 1 is 0.273 bits per heavy atom. The van der Waals surface area contributed by atoms with Crippen LogP contribution < -0.4 is 50.8 Å². The van der Waals surface area contributed by atoms with Gasteiger partial charge in [0.15, 0.2) is 23.0 Å². The maximum Gasteiger partial charge on any atom is 0.161 e. The van der Waals surface area contributed by atoms with E-state index in [1.54, 1.807) is 28.4 Å². The molecular formula is C60H48O4P2. The van der Waals surface area contributed by atoms with Crippen LogP contribution in [0.3, 0.4) is 0 Å². The van der Waals surface area contributed by atoms with Gasteiger partial charge in [-0.3, -0.25) is 0 Å². The quantitative estimate of drug-likeness (QED) is 0.108. The molecule has 0 aromatic heterocycles. The number of ether oxygens (including phenoxy) is 4. The normalized spacial score (nSPS) is 11.3. The average Bonchev–Trinajstić information content (AvgIpc) is 3.39. The molecule has 66 heavy (non-hydrogen) atoms. The van der Waals surface area contributed by atoms with E-state index in [4.69, 9.17) is 18.9 Å². The van der Waals surface area contributed by atoms with Crippen LogP contribution in [-0.4, -0.2) is 28.4 Å². The van der Waals surface area contributed by atoms with Crippen LogP contribution in [0.1, 0.15) is 0 Å². The molecule has 0 bridgehead atoms. The van der Waals surface area contributed by atoms with Gasteiger partial charge in [-0.1, -0.05) is 194 Å². The molecule has 0 atom stereocenters. The third-order valence-corrected chi connectivity index (χ3v) is 17.2. The molecule has 0 aliphatic carbocycles. The Morgan fingerprint density at radius 2 is 0.606 bits per heavy atom. The van der Waals surface area contributed by atoms with E-state index in [1.165, 1.54) is 53.7 Å². The Kier molecular flexibility index (Phi) is 12.4. The van der Waals surface area contributed by atoms with Crippen molar-refractivity contribution in [2.45, 2.75) is 0 Å². The highest BCUT2D eigenvalue weighted by Crippen LogP contribution is 2.48. The summed E-state index contributed by atoms with van der Waals surface area (Å²) >= 11 is 0. The lowest BCUT2D eigenvalue weighted by Crippen LogP contribution is -2.26. The van der Waals surface area contributed by atoms with Crippen molar-refractivity contribution >= 4 is 69.2 Å². The molecule has 0 fully saturated rings. The number of hydrogen-bond acceptors (Lipinski definition) is 4. The fourth-order valence-electron chi connectivity index (χ4n) is 9.26. The Bertz CT molecular complexity index is 3000. The molecule has 4 nitrogen and oxygen atoms in total. The van der Waals surface area contributed by atoms with Crippen molar-refractivity contribution in [2.24, 2.45) is 0 Å². The van der Waals surface area contributed by atoms with E-state index in [0.29, 0.717) is 23.0 Å². The van der Waals surface area contributed by atoms with E-state index in [0.717, 1.165) is 33.0 Å². The standard InChI is InChI=1S/C60H48O4P2/c1-61-53-35-31-41(39-55(53)63-3)47-27-17-29-51-49(47)33-37-57(65(43-19-9-5-10-20-43)44-21-11-6-12-22-44)59(51)60-52-30-18-28-48(42-32-36-54(62-2)56(40-42)64-4)50(52)34-38-58(60)66(45-23-13-7-14-24-45)46-25-15-8-16-26-46/h5-40H,1-4H3. The molecule has 0 N–H and O–H groups in total. The summed E-state index contributed by atoms with van der Waals surface area (Å²) in [6.45, 7) is 0. The molecule has 0 saturated heterocycles. The van der Waals surface area contributed by atoms with E-state index in [2.05, 4.69) is 206 Å². The lowest BCUT2D eigenvalue weighted by Gasteiger charge is -2.29. The maximum atomic E-state index is 5.87. The summed E-state index contributed by atoms with van der Waals surface area (Å²) in [7, 11) is 4.63. The first kappa shape index (κ1) is 42.7. The van der Waals surface area contributed by atoms with Crippen molar-refractivity contribution in [3.63, 3.8) is 0 Å². The summed E-state index contributed by atoms with van der Waals surface area (Å²) in [6, 6.07) is 79.7. The van der Waals surface area contributed by atoms with E-state index < -0.39 is 15.8 Å². The molecule has 0 amide bonds. The van der Waals surface area contributed by atoms with Gasteiger partial charge in [0.05, 0.1) is 28.4 Å². The average molecular weight is 895 g/mol. The lowest BCUT2D eigenvalue weighted by atomic mass is 9.89. The van der Waals surface area contributed by atoms with E-state index in [9.17, 15) is 0 Å². The smallest absolute Gasteiger partial charge is 0.161 e. The molecule has 0 aliphatic heterocycles. The minimum absolute atomic E-state index is 0.691. The molecule has 0 saturated carbocycles. The van der Waals surface area contributed by atoms with Crippen molar-refractivity contribution in [2.75, 3.05) is 28.4 Å². The monoisotopic (exact) mass is 894 g/mol. The minimum Gasteiger partial charge on any atom is -0.493 e. The minimum atomic E-state index is -1.06. The fourth-order valence-corrected chi connectivity index (χ4v) is 14.2. The third kappa shape index (κ3) is 7.98. The highest BCUT2D eigenvalue weighted by atomic mass is 31.1. The predicted molar refractivity (Wildman–Crippen MR) is 281 cm³/mol. The second-order valence-corrected chi connectivity index (χ2v) is 20.2. The summed E-state index contributed by atoms with van der Waals surface area (Å²) in [5.41, 5.74) is 6.80. The Hall–Kier alpha value is -7.22. The number of fused-ring (bicyclic) bond motifs is 2. The molecule has 0 spiro atoms. The summed E-state index contributed by atoms with van der Waals surface area (Å²) < 4.78 is 23.1. The van der Waals surface area contributed by atoms with Gasteiger partial charge in [-0.2, -0.15) is 0 Å². The fraction of sp³-hybridized carbons (Fsp3) is 0.0667. The van der Waals surface area contributed by atoms with Gasteiger partial charge in [-0.05, 0) is 127 Å². The van der Waals surface area contributed by atoms with Gasteiger partial charge in [0.2, 0.25) is 0 Å². The number of rotatable bonds is 13. The van der Waals surface area contributed by atoms with Crippen molar-refractivity contribution in [1.82, 2.24) is 0 Å². The van der Waals surface area contributed by atoms with Crippen LogP contribution in [0.15, 0.2) is 218 Å². The van der Waals surface area contributed by atoms with Crippen molar-refractivity contribution in [3.8, 4) is 56.4 Å². The second-order valence-electron chi connectivity index (χ2n) is 15.9. The van der Waals surface area contributed by atoms with Gasteiger partial charge in [0.25, 0.3) is 0 Å². The van der Waals surface area contributed by atoms with Crippen LogP contribution in [0.4, 0.5) is 0 Å². The Balaban J connectivity index is 1.38. The van der Waals surface area contributed by atoms with Crippen LogP contribution in [0.5, 0.6) is 23.0 Å². The molecular weight excluding hydrogens is 847 g/mol. The molecule has 6 heteroatoms. The van der Waals surface area contributed by atoms with E-state index in [1.807, 2.05) is 12.1 Å². The van der Waals surface area contributed by atoms with Crippen LogP contribution in [0.25, 0.3) is 54.9 Å². The molecule has 0 heterocycles. The zero-order chi connectivity index (χ0) is 45.0. The second kappa shape index (κ2) is 19.1. The molecule has 0 aliphatic rings. The summed E-state index contributed by atoms with van der Waals surface area (Å²) in [5.74, 6) is 2.77. The van der Waals surface area contributed by atoms with Crippen LogP contribution >= 0.6 is 15.8 Å². The highest BCUT2D eigenvalue weighted by Gasteiger charge is 2.29. The topological polar surface area (TPSA) is 36.9 Å². The van der Waals surface area contributed by atoms with Gasteiger partial charge in [-0.25, -0.2) is 0 Å². The Labute approximate surface area is 389 Å². The summed E-state index contributed by atoms with van der Waals surface area (Å²) in [5, 5.41) is 12.4. The Morgan fingerprint density at radius 3 is 0.924 bits per heavy atom. The van der Waals surface area contributed by atoms with Crippen molar-refractivity contribution in [3.05, 3.63) is 218 Å². The van der Waals surface area contributed by atoms with E-state index >= 15 is 0 Å². The van der Waals surface area contributed by atoms with Gasteiger partial charge < -0.3 is 18.9 Å². The predicted octanol–water partition coefficient (Wildman–Crippen LogP) is 12.5. The highest BCUT2D eigenvalue weighted by molar-refractivity contribution is 7.80. The van der Waals surface area contributed by atoms with Gasteiger partial charge in [0, 0.05) is 0 Å². The molecule has 10 aromatic carbocycles. The van der Waals surface area contributed by atoms with Gasteiger partial charge >= 0.3 is 0 Å². The SMILES string of the molecule is COc1ccc(-c2cccc3c(-c4c(P(c5ccccc5)c5ccccc5)ccc5c(-c6ccc(OC)c(OC)c6)cccc45)c(P(c4ccccc4)c4ccccc4)ccc23)cc1OC. The molecule has 0 radical (unpaired) electrons. The van der Waals surface area contributed by atoms with Crippen LogP contribution in [0, 0.1) is 0 Å². The van der Waals surface area contributed by atoms with Crippen LogP contribution in [-0.2, 0) is 0 Å². The summed E-state index contributed by atoms with van der Waals surface area (Å²) in [4.78, 5) is 0. The zero-order valence-electron chi connectivity index (χ0n) is 37.3. The first-order chi connectivity index (χ1) is 32.6. The summed E-state index contributed by atoms with van der Waals surface area (Å²) in [6.07, 6.45) is 0. The third-order valence-electron chi connectivity index (χ3n) is 12.3. The van der Waals surface area contributed by atoms with Gasteiger partial charge in [-0.15, -0.1) is 0 Å². The largest absolute Gasteiger partial charge is 0.493 e. The zero-order valence-corrected chi connectivity index (χ0v) is 39.1. The van der Waals surface area contributed by atoms with Crippen molar-refractivity contribution in [1.29, 1.82) is 0 Å². The first-order valence-electron chi connectivity index (χ1n) is 22.0. The van der Waals surface area contributed by atoms with E-state index in [-0.39, 0.29) is 0 Å². The number of methoxy groups -OCH3 is 4. The maximum absolute atomic E-state index is 5.87. The van der Waals surface area contributed by atoms with Crippen molar-refractivity contribution < 1.29 is 18.9 Å². The first-order valence-corrected chi connectivity index (χ1v) is 24.7. The number of hydrogen-bond donors (Lipinski definition) is 0.